The molecule has 0 amide bonds. The van der Waals surface area contributed by atoms with Gasteiger partial charge in [0.15, 0.2) is 0 Å². The Bertz CT molecular complexity index is 539. The van der Waals surface area contributed by atoms with Crippen LogP contribution in [0.2, 0.25) is 0 Å². The smallest absolute Gasteiger partial charge is 0.307 e. The van der Waals surface area contributed by atoms with Crippen LogP contribution in [0.25, 0.3) is 0 Å². The van der Waals surface area contributed by atoms with Crippen LogP contribution >= 0.6 is 0 Å². The van der Waals surface area contributed by atoms with Crippen molar-refractivity contribution in [3.05, 3.63) is 29.8 Å². The van der Waals surface area contributed by atoms with Gasteiger partial charge in [0, 0.05) is 6.04 Å². The van der Waals surface area contributed by atoms with Crippen molar-refractivity contribution < 1.29 is 18.3 Å². The minimum atomic E-state index is -3.67. The number of benzene rings is 1. The standard InChI is InChI=1S/C12H17NO4S/c1-8-5-4-6-11(7-8)18(16,17)13-10(3)9(2)12(14)15/h4-7,9-10,13H,1-3H3,(H,14,15). The van der Waals surface area contributed by atoms with Gasteiger partial charge in [0.2, 0.25) is 10.0 Å². The van der Waals surface area contributed by atoms with Crippen LogP contribution in [0, 0.1) is 12.8 Å². The van der Waals surface area contributed by atoms with E-state index in [1.807, 2.05) is 0 Å². The quantitative estimate of drug-likeness (QED) is 0.847. The Morgan fingerprint density at radius 1 is 1.33 bits per heavy atom. The second kappa shape index (κ2) is 5.49. The molecule has 0 bridgehead atoms. The zero-order valence-electron chi connectivity index (χ0n) is 10.5. The van der Waals surface area contributed by atoms with Gasteiger partial charge in [0.05, 0.1) is 10.8 Å². The number of aliphatic carboxylic acids is 1. The second-order valence-electron chi connectivity index (χ2n) is 4.35. The maximum atomic E-state index is 12.0. The van der Waals surface area contributed by atoms with Gasteiger partial charge in [-0.2, -0.15) is 0 Å². The van der Waals surface area contributed by atoms with Crippen molar-refractivity contribution in [2.75, 3.05) is 0 Å². The first-order chi connectivity index (χ1) is 8.24. The molecule has 0 aliphatic heterocycles. The van der Waals surface area contributed by atoms with E-state index in [4.69, 9.17) is 5.11 Å². The van der Waals surface area contributed by atoms with E-state index in [1.54, 1.807) is 25.1 Å². The van der Waals surface area contributed by atoms with E-state index in [9.17, 15) is 13.2 Å². The van der Waals surface area contributed by atoms with Crippen molar-refractivity contribution in [2.45, 2.75) is 31.7 Å². The number of rotatable bonds is 5. The van der Waals surface area contributed by atoms with E-state index in [-0.39, 0.29) is 4.90 Å². The summed E-state index contributed by atoms with van der Waals surface area (Å²) in [5.41, 5.74) is 0.830. The van der Waals surface area contributed by atoms with Crippen molar-refractivity contribution in [3.63, 3.8) is 0 Å². The van der Waals surface area contributed by atoms with Gasteiger partial charge < -0.3 is 5.11 Å². The molecular formula is C12H17NO4S. The first kappa shape index (κ1) is 14.7. The molecule has 1 aromatic carbocycles. The Morgan fingerprint density at radius 2 is 1.94 bits per heavy atom. The Balaban J connectivity index is 2.92. The summed E-state index contributed by atoms with van der Waals surface area (Å²) in [6.07, 6.45) is 0. The van der Waals surface area contributed by atoms with Gasteiger partial charge in [-0.05, 0) is 31.5 Å². The van der Waals surface area contributed by atoms with Crippen molar-refractivity contribution in [1.29, 1.82) is 0 Å². The molecule has 0 heterocycles. The molecule has 1 rings (SSSR count). The van der Waals surface area contributed by atoms with Crippen LogP contribution in [-0.2, 0) is 14.8 Å². The van der Waals surface area contributed by atoms with Crippen LogP contribution in [0.15, 0.2) is 29.2 Å². The van der Waals surface area contributed by atoms with Crippen molar-refractivity contribution in [3.8, 4) is 0 Å². The Kier molecular flexibility index (Phi) is 4.48. The molecule has 0 saturated carbocycles. The summed E-state index contributed by atoms with van der Waals surface area (Å²) >= 11 is 0. The van der Waals surface area contributed by atoms with Crippen LogP contribution in [0.5, 0.6) is 0 Å². The van der Waals surface area contributed by atoms with E-state index >= 15 is 0 Å². The fraction of sp³-hybridized carbons (Fsp3) is 0.417. The highest BCUT2D eigenvalue weighted by atomic mass is 32.2. The van der Waals surface area contributed by atoms with Crippen LogP contribution in [0.1, 0.15) is 19.4 Å². The lowest BCUT2D eigenvalue weighted by Gasteiger charge is -2.17. The third-order valence-electron chi connectivity index (χ3n) is 2.78. The van der Waals surface area contributed by atoms with Crippen molar-refractivity contribution in [2.24, 2.45) is 5.92 Å². The zero-order valence-corrected chi connectivity index (χ0v) is 11.4. The summed E-state index contributed by atoms with van der Waals surface area (Å²) in [5, 5.41) is 8.83. The van der Waals surface area contributed by atoms with E-state index in [1.165, 1.54) is 19.9 Å². The second-order valence-corrected chi connectivity index (χ2v) is 6.07. The van der Waals surface area contributed by atoms with Crippen LogP contribution < -0.4 is 4.72 Å². The Hall–Kier alpha value is -1.40. The summed E-state index contributed by atoms with van der Waals surface area (Å²) in [6.45, 7) is 4.79. The first-order valence-corrected chi connectivity index (χ1v) is 7.04. The number of carbonyl (C=O) groups is 1. The molecule has 2 unspecified atom stereocenters. The van der Waals surface area contributed by atoms with Crippen LogP contribution in [0.4, 0.5) is 0 Å². The van der Waals surface area contributed by atoms with Gasteiger partial charge in [0.1, 0.15) is 0 Å². The van der Waals surface area contributed by atoms with Crippen molar-refractivity contribution >= 4 is 16.0 Å². The maximum absolute atomic E-state index is 12.0. The van der Waals surface area contributed by atoms with Crippen LogP contribution in [-0.4, -0.2) is 25.5 Å². The predicted molar refractivity (Wildman–Crippen MR) is 67.8 cm³/mol. The molecule has 0 aromatic heterocycles. The SMILES string of the molecule is Cc1cccc(S(=O)(=O)NC(C)C(C)C(=O)O)c1. The minimum Gasteiger partial charge on any atom is -0.481 e. The van der Waals surface area contributed by atoms with E-state index < -0.39 is 28.0 Å². The maximum Gasteiger partial charge on any atom is 0.307 e. The molecule has 0 radical (unpaired) electrons. The first-order valence-electron chi connectivity index (χ1n) is 5.56. The topological polar surface area (TPSA) is 83.5 Å². The summed E-state index contributed by atoms with van der Waals surface area (Å²) in [6, 6.07) is 5.79. The molecule has 18 heavy (non-hydrogen) atoms. The van der Waals surface area contributed by atoms with Gasteiger partial charge in [-0.1, -0.05) is 19.1 Å². The number of sulfonamides is 1. The van der Waals surface area contributed by atoms with E-state index in [2.05, 4.69) is 4.72 Å². The van der Waals surface area contributed by atoms with Crippen molar-refractivity contribution in [1.82, 2.24) is 4.72 Å². The van der Waals surface area contributed by atoms with Gasteiger partial charge in [-0.15, -0.1) is 0 Å². The molecule has 6 heteroatoms. The molecule has 1 aromatic rings. The van der Waals surface area contributed by atoms with Gasteiger partial charge in [-0.3, -0.25) is 4.79 Å². The molecule has 0 saturated heterocycles. The molecule has 0 fully saturated rings. The fourth-order valence-corrected chi connectivity index (χ4v) is 2.84. The number of nitrogens with one attached hydrogen (secondary N) is 1. The van der Waals surface area contributed by atoms with E-state index in [0.717, 1.165) is 5.56 Å². The largest absolute Gasteiger partial charge is 0.481 e. The molecule has 5 nitrogen and oxygen atoms in total. The highest BCUT2D eigenvalue weighted by Gasteiger charge is 2.25. The van der Waals surface area contributed by atoms with E-state index in [0.29, 0.717) is 0 Å². The molecule has 0 aliphatic rings. The Morgan fingerprint density at radius 3 is 2.44 bits per heavy atom. The van der Waals surface area contributed by atoms with Crippen LogP contribution in [0.3, 0.4) is 0 Å². The number of hydrogen-bond acceptors (Lipinski definition) is 3. The normalized spacial score (nSPS) is 15.1. The molecule has 100 valence electrons. The fourth-order valence-electron chi connectivity index (χ4n) is 1.41. The summed E-state index contributed by atoms with van der Waals surface area (Å²) < 4.78 is 26.4. The molecule has 2 N–H and O–H groups in total. The average molecular weight is 271 g/mol. The van der Waals surface area contributed by atoms with Gasteiger partial charge in [-0.25, -0.2) is 13.1 Å². The average Bonchev–Trinajstić information content (AvgIpc) is 2.27. The number of hydrogen-bond donors (Lipinski definition) is 2. The molecular weight excluding hydrogens is 254 g/mol. The molecule has 0 spiro atoms. The number of carboxylic acids is 1. The van der Waals surface area contributed by atoms with Gasteiger partial charge >= 0.3 is 5.97 Å². The lowest BCUT2D eigenvalue weighted by molar-refractivity contribution is -0.141. The predicted octanol–water partition coefficient (Wildman–Crippen LogP) is 1.38. The number of carboxylic acid groups (broad SMARTS) is 1. The highest BCUT2D eigenvalue weighted by Crippen LogP contribution is 2.13. The van der Waals surface area contributed by atoms with Gasteiger partial charge in [0.25, 0.3) is 0 Å². The monoisotopic (exact) mass is 271 g/mol. The molecule has 2 atom stereocenters. The molecule has 0 aliphatic carbocycles. The lowest BCUT2D eigenvalue weighted by Crippen LogP contribution is -2.39. The highest BCUT2D eigenvalue weighted by molar-refractivity contribution is 7.89. The number of aryl methyl sites for hydroxylation is 1. The third kappa shape index (κ3) is 3.54. The lowest BCUT2D eigenvalue weighted by atomic mass is 10.1. The minimum absolute atomic E-state index is 0.145. The summed E-state index contributed by atoms with van der Waals surface area (Å²) in [5.74, 6) is -1.82. The Labute approximate surface area is 107 Å². The summed E-state index contributed by atoms with van der Waals surface area (Å²) in [7, 11) is -3.67. The summed E-state index contributed by atoms with van der Waals surface area (Å²) in [4.78, 5) is 10.9. The third-order valence-corrected chi connectivity index (χ3v) is 4.34. The zero-order chi connectivity index (χ0) is 13.9.